The molecule has 3 aromatic carbocycles. The summed E-state index contributed by atoms with van der Waals surface area (Å²) in [5.74, 6) is 0. The Morgan fingerprint density at radius 1 is 0.545 bits per heavy atom. The lowest BCUT2D eigenvalue weighted by Crippen LogP contribution is -1.89. The first-order chi connectivity index (χ1) is 10.8. The molecule has 0 bridgehead atoms. The first-order valence-electron chi connectivity index (χ1n) is 7.47. The maximum Gasteiger partial charge on any atom is 0.0390 e. The molecule has 0 aliphatic heterocycles. The summed E-state index contributed by atoms with van der Waals surface area (Å²) in [4.78, 5) is 0. The third-order valence-electron chi connectivity index (χ3n) is 3.50. The SMILES string of the molecule is Cc1cccccccc(Nc2ccc3ccccc3c2)c1. The number of hydrogen-bond acceptors (Lipinski definition) is 1. The van der Waals surface area contributed by atoms with Gasteiger partial charge in [0.15, 0.2) is 0 Å². The van der Waals surface area contributed by atoms with Crippen molar-refractivity contribution in [3.63, 3.8) is 0 Å². The summed E-state index contributed by atoms with van der Waals surface area (Å²) in [6.45, 7) is 2.10. The summed E-state index contributed by atoms with van der Waals surface area (Å²) in [6, 6.07) is 31.4. The lowest BCUT2D eigenvalue weighted by Gasteiger charge is -2.07. The third-order valence-corrected chi connectivity index (χ3v) is 3.50. The molecule has 0 radical (unpaired) electrons. The molecular formula is C21H19N. The zero-order valence-electron chi connectivity index (χ0n) is 12.7. The lowest BCUT2D eigenvalue weighted by atomic mass is 10.1. The van der Waals surface area contributed by atoms with Crippen molar-refractivity contribution in [2.75, 3.05) is 5.32 Å². The summed E-state index contributed by atoms with van der Waals surface area (Å²) in [6.07, 6.45) is 0. The van der Waals surface area contributed by atoms with Crippen LogP contribution in [-0.2, 0) is 0 Å². The highest BCUT2D eigenvalue weighted by molar-refractivity contribution is 5.86. The van der Waals surface area contributed by atoms with Crippen molar-refractivity contribution < 1.29 is 0 Å². The van der Waals surface area contributed by atoms with E-state index in [2.05, 4.69) is 79.0 Å². The molecule has 0 heterocycles. The van der Waals surface area contributed by atoms with E-state index in [4.69, 9.17) is 0 Å². The van der Waals surface area contributed by atoms with Gasteiger partial charge in [-0.1, -0.05) is 66.7 Å². The van der Waals surface area contributed by atoms with Gasteiger partial charge in [0, 0.05) is 11.4 Å². The molecule has 0 saturated carbocycles. The minimum atomic E-state index is 1.07. The van der Waals surface area contributed by atoms with Gasteiger partial charge < -0.3 is 5.32 Å². The molecule has 0 saturated heterocycles. The van der Waals surface area contributed by atoms with Gasteiger partial charge in [-0.25, -0.2) is 0 Å². The van der Waals surface area contributed by atoms with E-state index in [0.29, 0.717) is 0 Å². The van der Waals surface area contributed by atoms with Gasteiger partial charge >= 0.3 is 0 Å². The molecule has 0 atom stereocenters. The first-order valence-corrected chi connectivity index (χ1v) is 7.47. The predicted octanol–water partition coefficient (Wildman–Crippen LogP) is 6.02. The first kappa shape index (κ1) is 14.2. The van der Waals surface area contributed by atoms with Gasteiger partial charge in [0.25, 0.3) is 0 Å². The van der Waals surface area contributed by atoms with Gasteiger partial charge in [0.1, 0.15) is 0 Å². The van der Waals surface area contributed by atoms with Crippen LogP contribution < -0.4 is 5.32 Å². The van der Waals surface area contributed by atoms with Crippen LogP contribution in [0.15, 0.2) is 91.0 Å². The van der Waals surface area contributed by atoms with Crippen LogP contribution in [0.2, 0.25) is 0 Å². The Kier molecular flexibility index (Phi) is 4.35. The number of aryl methyl sites for hydroxylation is 1. The van der Waals surface area contributed by atoms with Crippen LogP contribution >= 0.6 is 0 Å². The monoisotopic (exact) mass is 285 g/mol. The van der Waals surface area contributed by atoms with E-state index < -0.39 is 0 Å². The zero-order valence-corrected chi connectivity index (χ0v) is 12.7. The molecule has 0 aliphatic carbocycles. The van der Waals surface area contributed by atoms with Crippen LogP contribution in [0.25, 0.3) is 10.8 Å². The van der Waals surface area contributed by atoms with E-state index in [1.54, 1.807) is 0 Å². The lowest BCUT2D eigenvalue weighted by molar-refractivity contribution is 1.47. The summed E-state index contributed by atoms with van der Waals surface area (Å²) in [7, 11) is 0. The largest absolute Gasteiger partial charge is 0.356 e. The Balaban J connectivity index is 1.98. The fraction of sp³-hybridized carbons (Fsp3) is 0.0476. The Morgan fingerprint density at radius 3 is 2.05 bits per heavy atom. The minimum absolute atomic E-state index is 1.07. The molecule has 0 amide bonds. The van der Waals surface area contributed by atoms with E-state index in [0.717, 1.165) is 11.4 Å². The summed E-state index contributed by atoms with van der Waals surface area (Å²) in [5, 5.41) is 5.99. The molecule has 1 nitrogen and oxygen atoms in total. The van der Waals surface area contributed by atoms with Crippen molar-refractivity contribution in [1.82, 2.24) is 0 Å². The van der Waals surface area contributed by atoms with Gasteiger partial charge in [-0.15, -0.1) is 0 Å². The maximum atomic E-state index is 3.49. The highest BCUT2D eigenvalue weighted by Gasteiger charge is 1.96. The van der Waals surface area contributed by atoms with E-state index >= 15 is 0 Å². The van der Waals surface area contributed by atoms with Crippen LogP contribution in [0.1, 0.15) is 5.56 Å². The second-order valence-corrected chi connectivity index (χ2v) is 5.33. The van der Waals surface area contributed by atoms with Crippen molar-refractivity contribution in [2.24, 2.45) is 0 Å². The van der Waals surface area contributed by atoms with Gasteiger partial charge in [-0.3, -0.25) is 0 Å². The number of benzene rings is 2. The molecule has 0 fully saturated rings. The number of fused-ring (bicyclic) bond motifs is 1. The van der Waals surface area contributed by atoms with Gasteiger partial charge in [-0.05, 0) is 47.5 Å². The van der Waals surface area contributed by atoms with Crippen molar-refractivity contribution in [3.05, 3.63) is 96.6 Å². The molecule has 0 spiro atoms. The average Bonchev–Trinajstić information content (AvgIpc) is 2.54. The highest BCUT2D eigenvalue weighted by Crippen LogP contribution is 2.22. The standard InChI is InChI=1S/C21H19N/c1-17-9-5-3-2-4-6-12-20(15-17)22-21-14-13-18-10-7-8-11-19(18)16-21/h2-16,22H,1H3. The Hall–Kier alpha value is -2.80. The summed E-state index contributed by atoms with van der Waals surface area (Å²) >= 11 is 0. The maximum absolute atomic E-state index is 3.49. The smallest absolute Gasteiger partial charge is 0.0390 e. The van der Waals surface area contributed by atoms with Crippen LogP contribution in [0.3, 0.4) is 0 Å². The molecule has 1 heteroatoms. The van der Waals surface area contributed by atoms with Gasteiger partial charge in [0.05, 0.1) is 0 Å². The molecular weight excluding hydrogens is 266 g/mol. The fourth-order valence-electron chi connectivity index (χ4n) is 2.41. The summed E-state index contributed by atoms with van der Waals surface area (Å²) < 4.78 is 0. The molecule has 0 aliphatic rings. The van der Waals surface area contributed by atoms with Gasteiger partial charge in [-0.2, -0.15) is 0 Å². The third kappa shape index (κ3) is 3.64. The molecule has 22 heavy (non-hydrogen) atoms. The molecule has 3 rings (SSSR count). The Labute approximate surface area is 131 Å². The average molecular weight is 285 g/mol. The van der Waals surface area contributed by atoms with Crippen LogP contribution in [-0.4, -0.2) is 0 Å². The highest BCUT2D eigenvalue weighted by atomic mass is 14.9. The second-order valence-electron chi connectivity index (χ2n) is 5.33. The second kappa shape index (κ2) is 6.77. The van der Waals surface area contributed by atoms with E-state index in [1.165, 1.54) is 16.3 Å². The molecule has 0 aromatic heterocycles. The normalized spacial score (nSPS) is 10.0. The van der Waals surface area contributed by atoms with Gasteiger partial charge in [0.2, 0.25) is 0 Å². The number of anilines is 2. The zero-order chi connectivity index (χ0) is 15.2. The van der Waals surface area contributed by atoms with Crippen LogP contribution in [0.5, 0.6) is 0 Å². The molecule has 1 N–H and O–H groups in total. The van der Waals surface area contributed by atoms with E-state index in [9.17, 15) is 0 Å². The van der Waals surface area contributed by atoms with Crippen molar-refractivity contribution in [1.29, 1.82) is 0 Å². The molecule has 0 unspecified atom stereocenters. The number of rotatable bonds is 2. The number of nitrogens with one attached hydrogen (secondary N) is 1. The van der Waals surface area contributed by atoms with Crippen molar-refractivity contribution in [3.8, 4) is 0 Å². The fourth-order valence-corrected chi connectivity index (χ4v) is 2.41. The Morgan fingerprint density at radius 2 is 1.18 bits per heavy atom. The summed E-state index contributed by atoms with van der Waals surface area (Å²) in [5.41, 5.74) is 3.38. The molecule has 3 aromatic rings. The van der Waals surface area contributed by atoms with Crippen LogP contribution in [0, 0.1) is 6.92 Å². The Bertz CT molecular complexity index is 835. The van der Waals surface area contributed by atoms with Crippen LogP contribution in [0.4, 0.5) is 11.4 Å². The van der Waals surface area contributed by atoms with Crippen molar-refractivity contribution in [2.45, 2.75) is 6.92 Å². The van der Waals surface area contributed by atoms with E-state index in [1.807, 2.05) is 24.3 Å². The van der Waals surface area contributed by atoms with E-state index in [-0.39, 0.29) is 0 Å². The predicted molar refractivity (Wildman–Crippen MR) is 96.0 cm³/mol. The topological polar surface area (TPSA) is 12.0 Å². The quantitative estimate of drug-likeness (QED) is 0.607. The number of hydrogen-bond donors (Lipinski definition) is 1. The molecule has 108 valence electrons. The minimum Gasteiger partial charge on any atom is -0.356 e. The van der Waals surface area contributed by atoms with Crippen molar-refractivity contribution >= 4 is 22.1 Å².